The van der Waals surface area contributed by atoms with E-state index < -0.39 is 0 Å². The number of hydrogen-bond donors (Lipinski definition) is 0. The Kier molecular flexibility index (Phi) is 6.65. The van der Waals surface area contributed by atoms with E-state index in [1.807, 2.05) is 18.2 Å². The highest BCUT2D eigenvalue weighted by molar-refractivity contribution is 6.34. The number of anilines is 1. The van der Waals surface area contributed by atoms with E-state index in [1.165, 1.54) is 5.56 Å². The van der Waals surface area contributed by atoms with Crippen molar-refractivity contribution in [2.24, 2.45) is 0 Å². The molecule has 1 fully saturated rings. The van der Waals surface area contributed by atoms with Crippen molar-refractivity contribution in [1.82, 2.24) is 4.90 Å². The molecule has 0 saturated carbocycles. The Morgan fingerprint density at radius 2 is 1.68 bits per heavy atom. The summed E-state index contributed by atoms with van der Waals surface area (Å²) in [6, 6.07) is 14.3. The van der Waals surface area contributed by atoms with Crippen LogP contribution < -0.4 is 9.64 Å². The number of amides is 1. The number of halogens is 3. The Morgan fingerprint density at radius 3 is 2.45 bits per heavy atom. The molecule has 0 unspecified atom stereocenters. The predicted molar refractivity (Wildman–Crippen MR) is 124 cm³/mol. The summed E-state index contributed by atoms with van der Waals surface area (Å²) in [5.41, 5.74) is 2.27. The summed E-state index contributed by atoms with van der Waals surface area (Å²) in [5.74, 6) is 1.16. The Labute approximate surface area is 196 Å². The number of ether oxygens (including phenoxy) is 1. The molecule has 0 bridgehead atoms. The van der Waals surface area contributed by atoms with Crippen LogP contribution in [0.25, 0.3) is 0 Å². The molecule has 0 spiro atoms. The molecule has 1 saturated heterocycles. The smallest absolute Gasteiger partial charge is 0.289 e. The first-order valence-electron chi connectivity index (χ1n) is 9.87. The van der Waals surface area contributed by atoms with Crippen molar-refractivity contribution in [2.45, 2.75) is 13.5 Å². The normalized spacial score (nSPS) is 14.1. The minimum absolute atomic E-state index is 0.130. The molecular weight excluding hydrogens is 459 g/mol. The number of nitrogens with zero attached hydrogens (tertiary/aromatic N) is 2. The lowest BCUT2D eigenvalue weighted by atomic mass is 10.1. The maximum atomic E-state index is 12.9. The second-order valence-electron chi connectivity index (χ2n) is 7.34. The van der Waals surface area contributed by atoms with E-state index in [0.717, 1.165) is 18.8 Å². The van der Waals surface area contributed by atoms with E-state index in [4.69, 9.17) is 44.0 Å². The van der Waals surface area contributed by atoms with Gasteiger partial charge in [0.1, 0.15) is 18.1 Å². The minimum atomic E-state index is -0.130. The Hall–Kier alpha value is -2.34. The molecular formula is C23H21Cl3N2O3. The van der Waals surface area contributed by atoms with Crippen LogP contribution in [0, 0.1) is 6.92 Å². The molecule has 8 heteroatoms. The van der Waals surface area contributed by atoms with Gasteiger partial charge in [0.05, 0.1) is 5.02 Å². The highest BCUT2D eigenvalue weighted by Crippen LogP contribution is 2.29. The Bertz CT molecular complexity index is 1090. The molecule has 2 aromatic carbocycles. The summed E-state index contributed by atoms with van der Waals surface area (Å²) in [6.07, 6.45) is 0. The zero-order valence-corrected chi connectivity index (χ0v) is 19.2. The van der Waals surface area contributed by atoms with E-state index in [-0.39, 0.29) is 12.5 Å². The zero-order valence-electron chi connectivity index (χ0n) is 16.9. The summed E-state index contributed by atoms with van der Waals surface area (Å²) in [5, 5.41) is 1.70. The number of aryl methyl sites for hydroxylation is 1. The number of carbonyl (C=O) groups excluding carboxylic acids is 1. The van der Waals surface area contributed by atoms with Gasteiger partial charge in [-0.25, -0.2) is 0 Å². The maximum Gasteiger partial charge on any atom is 0.289 e. The molecule has 1 aliphatic rings. The Balaban J connectivity index is 1.35. The number of benzene rings is 2. The fraction of sp³-hybridized carbons (Fsp3) is 0.261. The van der Waals surface area contributed by atoms with Crippen LogP contribution >= 0.6 is 34.8 Å². The van der Waals surface area contributed by atoms with Crippen LogP contribution in [-0.4, -0.2) is 37.0 Å². The number of furan rings is 1. The first kappa shape index (κ1) is 21.9. The van der Waals surface area contributed by atoms with Crippen LogP contribution in [0.1, 0.15) is 21.9 Å². The molecule has 0 atom stereocenters. The monoisotopic (exact) mass is 478 g/mol. The van der Waals surface area contributed by atoms with Gasteiger partial charge in [-0.3, -0.25) is 4.79 Å². The van der Waals surface area contributed by atoms with Gasteiger partial charge in [-0.05, 0) is 48.9 Å². The van der Waals surface area contributed by atoms with Crippen LogP contribution in [-0.2, 0) is 6.61 Å². The lowest BCUT2D eigenvalue weighted by Gasteiger charge is -2.36. The molecule has 1 aromatic heterocycles. The van der Waals surface area contributed by atoms with Crippen molar-refractivity contribution in [3.63, 3.8) is 0 Å². The van der Waals surface area contributed by atoms with Gasteiger partial charge in [0.25, 0.3) is 5.91 Å². The molecule has 0 radical (unpaired) electrons. The number of hydrogen-bond acceptors (Lipinski definition) is 4. The van der Waals surface area contributed by atoms with Crippen LogP contribution in [0.3, 0.4) is 0 Å². The minimum Gasteiger partial charge on any atom is -0.484 e. The molecule has 162 valence electrons. The molecule has 31 heavy (non-hydrogen) atoms. The average molecular weight is 480 g/mol. The third-order valence-electron chi connectivity index (χ3n) is 5.21. The maximum absolute atomic E-state index is 12.9. The SMILES string of the molecule is Cc1ccc(Cl)cc1N1CCN(C(=O)c2ccc(COc3cc(Cl)ccc3Cl)o2)CC1. The van der Waals surface area contributed by atoms with Crippen molar-refractivity contribution in [2.75, 3.05) is 31.1 Å². The van der Waals surface area contributed by atoms with E-state index in [0.29, 0.717) is 45.4 Å². The van der Waals surface area contributed by atoms with Crippen molar-refractivity contribution < 1.29 is 13.9 Å². The van der Waals surface area contributed by atoms with Crippen molar-refractivity contribution in [3.05, 3.63) is 80.7 Å². The molecule has 0 aliphatic carbocycles. The summed E-state index contributed by atoms with van der Waals surface area (Å²) in [7, 11) is 0. The molecule has 1 amide bonds. The fourth-order valence-corrected chi connectivity index (χ4v) is 4.04. The second-order valence-corrected chi connectivity index (χ2v) is 8.62. The van der Waals surface area contributed by atoms with Crippen LogP contribution in [0.15, 0.2) is 52.9 Å². The number of rotatable bonds is 5. The van der Waals surface area contributed by atoms with Crippen molar-refractivity contribution in [1.29, 1.82) is 0 Å². The predicted octanol–water partition coefficient (Wildman–Crippen LogP) is 6.09. The summed E-state index contributed by atoms with van der Waals surface area (Å²) in [6.45, 7) is 4.89. The van der Waals surface area contributed by atoms with E-state index in [9.17, 15) is 4.79 Å². The van der Waals surface area contributed by atoms with Crippen LogP contribution in [0.5, 0.6) is 5.75 Å². The van der Waals surface area contributed by atoms with Gasteiger partial charge in [-0.1, -0.05) is 40.9 Å². The van der Waals surface area contributed by atoms with E-state index >= 15 is 0 Å². The van der Waals surface area contributed by atoms with Gasteiger partial charge in [-0.15, -0.1) is 0 Å². The lowest BCUT2D eigenvalue weighted by Crippen LogP contribution is -2.48. The molecule has 1 aliphatic heterocycles. The van der Waals surface area contributed by atoms with E-state index in [2.05, 4.69) is 11.8 Å². The van der Waals surface area contributed by atoms with Gasteiger partial charge in [0.2, 0.25) is 0 Å². The molecule has 3 aromatic rings. The summed E-state index contributed by atoms with van der Waals surface area (Å²) >= 11 is 18.2. The van der Waals surface area contributed by atoms with E-state index in [1.54, 1.807) is 35.2 Å². The van der Waals surface area contributed by atoms with Crippen molar-refractivity contribution >= 4 is 46.4 Å². The number of piperazine rings is 1. The van der Waals surface area contributed by atoms with Gasteiger partial charge in [0.15, 0.2) is 5.76 Å². The quantitative estimate of drug-likeness (QED) is 0.444. The molecule has 5 nitrogen and oxygen atoms in total. The lowest BCUT2D eigenvalue weighted by molar-refractivity contribution is 0.0710. The second kappa shape index (κ2) is 9.43. The number of carbonyl (C=O) groups is 1. The largest absolute Gasteiger partial charge is 0.484 e. The first-order valence-corrected chi connectivity index (χ1v) is 11.0. The molecule has 0 N–H and O–H groups in total. The fourth-order valence-electron chi connectivity index (χ4n) is 3.54. The van der Waals surface area contributed by atoms with Gasteiger partial charge in [-0.2, -0.15) is 0 Å². The third-order valence-corrected chi connectivity index (χ3v) is 6.00. The van der Waals surface area contributed by atoms with Gasteiger partial charge in [0, 0.05) is 48.0 Å². The summed E-state index contributed by atoms with van der Waals surface area (Å²) < 4.78 is 11.4. The van der Waals surface area contributed by atoms with Crippen molar-refractivity contribution in [3.8, 4) is 5.75 Å². The van der Waals surface area contributed by atoms with Crippen LogP contribution in [0.4, 0.5) is 5.69 Å². The highest BCUT2D eigenvalue weighted by atomic mass is 35.5. The summed E-state index contributed by atoms with van der Waals surface area (Å²) in [4.78, 5) is 16.9. The van der Waals surface area contributed by atoms with Gasteiger partial charge >= 0.3 is 0 Å². The highest BCUT2D eigenvalue weighted by Gasteiger charge is 2.25. The Morgan fingerprint density at radius 1 is 0.968 bits per heavy atom. The third kappa shape index (κ3) is 5.12. The zero-order chi connectivity index (χ0) is 22.0. The molecule has 2 heterocycles. The first-order chi connectivity index (χ1) is 14.9. The average Bonchev–Trinajstić information content (AvgIpc) is 3.25. The van der Waals surface area contributed by atoms with Gasteiger partial charge < -0.3 is 19.0 Å². The molecule has 4 rings (SSSR count). The topological polar surface area (TPSA) is 45.9 Å². The standard InChI is InChI=1S/C23H21Cl3N2O3/c1-15-2-3-16(24)12-20(15)27-8-10-28(11-9-27)23(29)21-7-5-18(31-21)14-30-22-13-17(25)4-6-19(22)26/h2-7,12-13H,8-11,14H2,1H3. The van der Waals surface area contributed by atoms with Crippen LogP contribution in [0.2, 0.25) is 15.1 Å².